The van der Waals surface area contributed by atoms with Gasteiger partial charge in [-0.25, -0.2) is 5.84 Å². The number of rotatable bonds is 4. The van der Waals surface area contributed by atoms with Gasteiger partial charge in [0.2, 0.25) is 5.91 Å². The van der Waals surface area contributed by atoms with Crippen LogP contribution >= 0.6 is 0 Å². The minimum atomic E-state index is -0.216. The standard InChI is InChI=1S/C11H23N3O2/c1-8(11(16)13-12)7-14-5-3-10(4-6-14)9(2)15/h8-10,15H,3-7,12H2,1-2H3,(H,13,16). The van der Waals surface area contributed by atoms with Gasteiger partial charge in [0, 0.05) is 12.5 Å². The zero-order valence-corrected chi connectivity index (χ0v) is 10.1. The third kappa shape index (κ3) is 3.73. The van der Waals surface area contributed by atoms with Crippen molar-refractivity contribution in [3.8, 4) is 0 Å². The maximum Gasteiger partial charge on any atom is 0.237 e. The first-order chi connectivity index (χ1) is 7.54. The van der Waals surface area contributed by atoms with Crippen molar-refractivity contribution in [2.24, 2.45) is 17.7 Å². The molecule has 2 unspecified atom stereocenters. The van der Waals surface area contributed by atoms with Crippen LogP contribution in [-0.2, 0) is 4.79 Å². The predicted octanol–water partition coefficient (Wildman–Crippen LogP) is -0.295. The molecule has 0 radical (unpaired) electrons. The van der Waals surface area contributed by atoms with E-state index in [-0.39, 0.29) is 17.9 Å². The van der Waals surface area contributed by atoms with Crippen molar-refractivity contribution >= 4 is 5.91 Å². The van der Waals surface area contributed by atoms with Crippen molar-refractivity contribution in [1.29, 1.82) is 0 Å². The lowest BCUT2D eigenvalue weighted by Crippen LogP contribution is -2.44. The number of piperidine rings is 1. The monoisotopic (exact) mass is 229 g/mol. The second-order valence-electron chi connectivity index (χ2n) is 4.79. The van der Waals surface area contributed by atoms with Crippen LogP contribution in [0.1, 0.15) is 26.7 Å². The van der Waals surface area contributed by atoms with Crippen LogP contribution in [0, 0.1) is 11.8 Å². The molecule has 1 saturated heterocycles. The second-order valence-corrected chi connectivity index (χ2v) is 4.79. The molecule has 0 aromatic heterocycles. The molecule has 0 spiro atoms. The first-order valence-corrected chi connectivity index (χ1v) is 5.95. The molecule has 0 aromatic rings. The van der Waals surface area contributed by atoms with Crippen LogP contribution in [0.5, 0.6) is 0 Å². The molecule has 1 aliphatic rings. The minimum absolute atomic E-state index is 0.0758. The Balaban J connectivity index is 2.29. The summed E-state index contributed by atoms with van der Waals surface area (Å²) in [5, 5.41) is 9.47. The molecular formula is C11H23N3O2. The fourth-order valence-electron chi connectivity index (χ4n) is 2.23. The highest BCUT2D eigenvalue weighted by molar-refractivity contribution is 5.77. The van der Waals surface area contributed by atoms with Crippen LogP contribution in [0.25, 0.3) is 0 Å². The van der Waals surface area contributed by atoms with E-state index in [4.69, 9.17) is 5.84 Å². The lowest BCUT2D eigenvalue weighted by Gasteiger charge is -2.34. The van der Waals surface area contributed by atoms with E-state index in [0.29, 0.717) is 5.92 Å². The van der Waals surface area contributed by atoms with E-state index >= 15 is 0 Å². The Labute approximate surface area is 97.0 Å². The van der Waals surface area contributed by atoms with Crippen molar-refractivity contribution in [1.82, 2.24) is 10.3 Å². The number of nitrogens with zero attached hydrogens (tertiary/aromatic N) is 1. The zero-order chi connectivity index (χ0) is 12.1. The van der Waals surface area contributed by atoms with Crippen LogP contribution in [-0.4, -0.2) is 41.7 Å². The summed E-state index contributed by atoms with van der Waals surface area (Å²) < 4.78 is 0. The normalized spacial score (nSPS) is 22.8. The average Bonchev–Trinajstić information content (AvgIpc) is 2.28. The summed E-state index contributed by atoms with van der Waals surface area (Å²) >= 11 is 0. The van der Waals surface area contributed by atoms with Crippen molar-refractivity contribution in [3.63, 3.8) is 0 Å². The molecule has 1 fully saturated rings. The van der Waals surface area contributed by atoms with E-state index in [1.54, 1.807) is 0 Å². The lowest BCUT2D eigenvalue weighted by molar-refractivity contribution is -0.125. The third-order valence-electron chi connectivity index (χ3n) is 3.44. The molecule has 1 aliphatic heterocycles. The molecule has 0 saturated carbocycles. The maximum atomic E-state index is 11.3. The second kappa shape index (κ2) is 6.18. The molecule has 94 valence electrons. The van der Waals surface area contributed by atoms with E-state index in [2.05, 4.69) is 10.3 Å². The van der Waals surface area contributed by atoms with Gasteiger partial charge in [0.1, 0.15) is 0 Å². The van der Waals surface area contributed by atoms with Gasteiger partial charge in [-0.2, -0.15) is 0 Å². The van der Waals surface area contributed by atoms with Gasteiger partial charge in [0.25, 0.3) is 0 Å². The minimum Gasteiger partial charge on any atom is -0.393 e. The van der Waals surface area contributed by atoms with Crippen molar-refractivity contribution in [2.75, 3.05) is 19.6 Å². The van der Waals surface area contributed by atoms with Gasteiger partial charge in [-0.1, -0.05) is 6.92 Å². The van der Waals surface area contributed by atoms with Crippen molar-refractivity contribution in [3.05, 3.63) is 0 Å². The molecule has 0 aliphatic carbocycles. The van der Waals surface area contributed by atoms with Crippen LogP contribution < -0.4 is 11.3 Å². The quantitative estimate of drug-likeness (QED) is 0.351. The predicted molar refractivity (Wildman–Crippen MR) is 62.3 cm³/mol. The Bertz CT molecular complexity index is 225. The first kappa shape index (κ1) is 13.4. The fourth-order valence-corrected chi connectivity index (χ4v) is 2.23. The summed E-state index contributed by atoms with van der Waals surface area (Å²) in [5.74, 6) is 5.31. The fraction of sp³-hybridized carbons (Fsp3) is 0.909. The number of nitrogens with two attached hydrogens (primary N) is 1. The van der Waals surface area contributed by atoms with Gasteiger partial charge in [0.15, 0.2) is 0 Å². The Morgan fingerprint density at radius 3 is 2.50 bits per heavy atom. The van der Waals surface area contributed by atoms with Gasteiger partial charge in [-0.15, -0.1) is 0 Å². The molecule has 4 N–H and O–H groups in total. The highest BCUT2D eigenvalue weighted by Crippen LogP contribution is 2.20. The number of aliphatic hydroxyl groups excluding tert-OH is 1. The molecule has 2 atom stereocenters. The number of hydrazine groups is 1. The molecular weight excluding hydrogens is 206 g/mol. The number of amides is 1. The van der Waals surface area contributed by atoms with Crippen LogP contribution in [0.15, 0.2) is 0 Å². The Hall–Kier alpha value is -0.650. The Kier molecular flexibility index (Phi) is 5.18. The molecule has 16 heavy (non-hydrogen) atoms. The number of hydrogen-bond acceptors (Lipinski definition) is 4. The molecule has 0 bridgehead atoms. The summed E-state index contributed by atoms with van der Waals surface area (Å²) in [6, 6.07) is 0. The van der Waals surface area contributed by atoms with E-state index in [1.165, 1.54) is 0 Å². The molecule has 1 heterocycles. The van der Waals surface area contributed by atoms with E-state index in [1.807, 2.05) is 13.8 Å². The zero-order valence-electron chi connectivity index (χ0n) is 10.1. The number of aliphatic hydroxyl groups is 1. The van der Waals surface area contributed by atoms with Crippen LogP contribution in [0.4, 0.5) is 0 Å². The van der Waals surface area contributed by atoms with Gasteiger partial charge in [-0.3, -0.25) is 10.2 Å². The van der Waals surface area contributed by atoms with Crippen molar-refractivity contribution < 1.29 is 9.90 Å². The van der Waals surface area contributed by atoms with Gasteiger partial charge in [-0.05, 0) is 38.8 Å². The van der Waals surface area contributed by atoms with Crippen molar-refractivity contribution in [2.45, 2.75) is 32.8 Å². The van der Waals surface area contributed by atoms with E-state index in [0.717, 1.165) is 32.5 Å². The average molecular weight is 229 g/mol. The largest absolute Gasteiger partial charge is 0.393 e. The third-order valence-corrected chi connectivity index (χ3v) is 3.44. The molecule has 0 aromatic carbocycles. The van der Waals surface area contributed by atoms with E-state index in [9.17, 15) is 9.90 Å². The maximum absolute atomic E-state index is 11.3. The first-order valence-electron chi connectivity index (χ1n) is 5.95. The highest BCUT2D eigenvalue weighted by atomic mass is 16.3. The van der Waals surface area contributed by atoms with Gasteiger partial charge >= 0.3 is 0 Å². The van der Waals surface area contributed by atoms with E-state index < -0.39 is 0 Å². The molecule has 5 heteroatoms. The number of carbonyl (C=O) groups is 1. The summed E-state index contributed by atoms with van der Waals surface area (Å²) in [5.41, 5.74) is 2.18. The lowest BCUT2D eigenvalue weighted by atomic mass is 9.92. The van der Waals surface area contributed by atoms with Gasteiger partial charge in [0.05, 0.1) is 6.10 Å². The topological polar surface area (TPSA) is 78.6 Å². The number of nitrogens with one attached hydrogen (secondary N) is 1. The Morgan fingerprint density at radius 1 is 1.50 bits per heavy atom. The molecule has 5 nitrogen and oxygen atoms in total. The number of likely N-dealkylation sites (tertiary alicyclic amines) is 1. The number of carbonyl (C=O) groups excluding carboxylic acids is 1. The van der Waals surface area contributed by atoms with Crippen LogP contribution in [0.2, 0.25) is 0 Å². The SMILES string of the molecule is CC(CN1CCC(C(C)O)CC1)C(=O)NN. The van der Waals surface area contributed by atoms with Gasteiger partial charge < -0.3 is 10.0 Å². The summed E-state index contributed by atoms with van der Waals surface area (Å²) in [7, 11) is 0. The number of hydrogen-bond donors (Lipinski definition) is 3. The summed E-state index contributed by atoms with van der Waals surface area (Å²) in [6.07, 6.45) is 1.80. The summed E-state index contributed by atoms with van der Waals surface area (Å²) in [4.78, 5) is 13.5. The highest BCUT2D eigenvalue weighted by Gasteiger charge is 2.24. The summed E-state index contributed by atoms with van der Waals surface area (Å²) in [6.45, 7) is 6.39. The van der Waals surface area contributed by atoms with Crippen LogP contribution in [0.3, 0.4) is 0 Å². The molecule has 1 rings (SSSR count). The smallest absolute Gasteiger partial charge is 0.237 e. The molecule has 1 amide bonds. The Morgan fingerprint density at radius 2 is 2.06 bits per heavy atom.